The number of hydrogen-bond acceptors (Lipinski definition) is 5. The number of halogens is 1. The molecule has 1 aromatic carbocycles. The molecule has 1 amide bonds. The molecule has 2 saturated heterocycles. The second kappa shape index (κ2) is 9.13. The van der Waals surface area contributed by atoms with E-state index in [1.54, 1.807) is 7.11 Å². The van der Waals surface area contributed by atoms with Gasteiger partial charge in [0, 0.05) is 63.4 Å². The van der Waals surface area contributed by atoms with Crippen LogP contribution in [0.3, 0.4) is 0 Å². The van der Waals surface area contributed by atoms with Gasteiger partial charge in [-0.25, -0.2) is 0 Å². The van der Waals surface area contributed by atoms with Gasteiger partial charge in [-0.3, -0.25) is 14.6 Å². The van der Waals surface area contributed by atoms with Crippen molar-refractivity contribution in [1.82, 2.24) is 14.7 Å². The highest BCUT2D eigenvalue weighted by atomic mass is 35.5. The van der Waals surface area contributed by atoms with Crippen LogP contribution in [0.5, 0.6) is 5.75 Å². The van der Waals surface area contributed by atoms with Gasteiger partial charge >= 0.3 is 0 Å². The van der Waals surface area contributed by atoms with Crippen molar-refractivity contribution < 1.29 is 9.53 Å². The molecule has 3 rings (SSSR count). The molecule has 0 unspecified atom stereocenters. The quantitative estimate of drug-likeness (QED) is 0.764. The zero-order chi connectivity index (χ0) is 19.4. The van der Waals surface area contributed by atoms with Crippen LogP contribution >= 0.6 is 11.6 Å². The SMILES string of the molecule is COc1ccc(Cl)cc1N1CCN(CC(=O)N2CCN(C(C)C)CC2)CC1. The van der Waals surface area contributed by atoms with Gasteiger partial charge in [-0.1, -0.05) is 11.6 Å². The third-order valence-electron chi connectivity index (χ3n) is 5.61. The van der Waals surface area contributed by atoms with Crippen molar-refractivity contribution in [2.45, 2.75) is 19.9 Å². The van der Waals surface area contributed by atoms with E-state index in [4.69, 9.17) is 16.3 Å². The lowest BCUT2D eigenvalue weighted by Gasteiger charge is -2.39. The molecule has 0 atom stereocenters. The average Bonchev–Trinajstić information content (AvgIpc) is 2.68. The molecular weight excluding hydrogens is 364 g/mol. The van der Waals surface area contributed by atoms with Crippen molar-refractivity contribution >= 4 is 23.2 Å². The minimum Gasteiger partial charge on any atom is -0.495 e. The molecule has 0 saturated carbocycles. The number of hydrogen-bond donors (Lipinski definition) is 0. The fraction of sp³-hybridized carbons (Fsp3) is 0.650. The largest absolute Gasteiger partial charge is 0.495 e. The molecule has 27 heavy (non-hydrogen) atoms. The lowest BCUT2D eigenvalue weighted by atomic mass is 10.2. The Labute approximate surface area is 167 Å². The smallest absolute Gasteiger partial charge is 0.236 e. The molecule has 7 heteroatoms. The van der Waals surface area contributed by atoms with Crippen LogP contribution in [0.4, 0.5) is 5.69 Å². The predicted octanol–water partition coefficient (Wildman–Crippen LogP) is 2.02. The van der Waals surface area contributed by atoms with Crippen molar-refractivity contribution in [2.75, 3.05) is 70.9 Å². The van der Waals surface area contributed by atoms with Crippen LogP contribution in [0.15, 0.2) is 18.2 Å². The molecule has 0 aliphatic carbocycles. The van der Waals surface area contributed by atoms with E-state index < -0.39 is 0 Å². The highest BCUT2D eigenvalue weighted by Gasteiger charge is 2.26. The van der Waals surface area contributed by atoms with E-state index in [2.05, 4.69) is 28.5 Å². The summed E-state index contributed by atoms with van der Waals surface area (Å²) in [5.74, 6) is 1.10. The summed E-state index contributed by atoms with van der Waals surface area (Å²) in [6.45, 7) is 12.1. The second-order valence-corrected chi connectivity index (χ2v) is 8.03. The molecule has 0 spiro atoms. The average molecular weight is 395 g/mol. The summed E-state index contributed by atoms with van der Waals surface area (Å²) >= 11 is 6.16. The molecule has 2 fully saturated rings. The van der Waals surface area contributed by atoms with Gasteiger partial charge < -0.3 is 14.5 Å². The zero-order valence-corrected chi connectivity index (χ0v) is 17.4. The van der Waals surface area contributed by atoms with Crippen molar-refractivity contribution in [2.24, 2.45) is 0 Å². The number of rotatable bonds is 5. The summed E-state index contributed by atoms with van der Waals surface area (Å²) < 4.78 is 5.47. The Kier molecular flexibility index (Phi) is 6.84. The number of piperazine rings is 2. The maximum absolute atomic E-state index is 12.7. The van der Waals surface area contributed by atoms with E-state index in [1.165, 1.54) is 0 Å². The number of carbonyl (C=O) groups excluding carboxylic acids is 1. The Morgan fingerprint density at radius 3 is 2.33 bits per heavy atom. The maximum atomic E-state index is 12.7. The monoisotopic (exact) mass is 394 g/mol. The van der Waals surface area contributed by atoms with Gasteiger partial charge in [0.05, 0.1) is 19.3 Å². The summed E-state index contributed by atoms with van der Waals surface area (Å²) in [5, 5.41) is 0.712. The lowest BCUT2D eigenvalue weighted by molar-refractivity contribution is -0.134. The van der Waals surface area contributed by atoms with Crippen molar-refractivity contribution in [3.8, 4) is 5.75 Å². The first-order valence-electron chi connectivity index (χ1n) is 9.80. The first-order valence-corrected chi connectivity index (χ1v) is 10.2. The highest BCUT2D eigenvalue weighted by molar-refractivity contribution is 6.30. The van der Waals surface area contributed by atoms with Crippen LogP contribution in [-0.4, -0.2) is 92.7 Å². The Morgan fingerprint density at radius 1 is 1.07 bits per heavy atom. The van der Waals surface area contributed by atoms with Crippen LogP contribution in [-0.2, 0) is 4.79 Å². The third kappa shape index (κ3) is 5.06. The Balaban J connectivity index is 1.49. The first kappa shape index (κ1) is 20.2. The van der Waals surface area contributed by atoms with E-state index >= 15 is 0 Å². The second-order valence-electron chi connectivity index (χ2n) is 7.59. The number of anilines is 1. The van der Waals surface area contributed by atoms with Gasteiger partial charge in [0.25, 0.3) is 0 Å². The van der Waals surface area contributed by atoms with E-state index in [0.717, 1.165) is 63.8 Å². The van der Waals surface area contributed by atoms with Gasteiger partial charge in [-0.15, -0.1) is 0 Å². The van der Waals surface area contributed by atoms with E-state index in [0.29, 0.717) is 17.6 Å². The molecule has 0 bridgehead atoms. The van der Waals surface area contributed by atoms with Crippen LogP contribution < -0.4 is 9.64 Å². The Hall–Kier alpha value is -1.50. The number of methoxy groups -OCH3 is 1. The molecule has 0 radical (unpaired) electrons. The molecule has 2 heterocycles. The van der Waals surface area contributed by atoms with Gasteiger partial charge in [0.15, 0.2) is 0 Å². The fourth-order valence-corrected chi connectivity index (χ4v) is 4.00. The first-order chi connectivity index (χ1) is 13.0. The van der Waals surface area contributed by atoms with Crippen molar-refractivity contribution in [3.05, 3.63) is 23.2 Å². The minimum absolute atomic E-state index is 0.257. The number of ether oxygens (including phenoxy) is 1. The van der Waals surface area contributed by atoms with Crippen molar-refractivity contribution in [3.63, 3.8) is 0 Å². The fourth-order valence-electron chi connectivity index (χ4n) is 3.84. The number of amides is 1. The summed E-state index contributed by atoms with van der Waals surface area (Å²) in [5.41, 5.74) is 1.03. The zero-order valence-electron chi connectivity index (χ0n) is 16.7. The summed E-state index contributed by atoms with van der Waals surface area (Å²) in [7, 11) is 1.68. The molecule has 0 aromatic heterocycles. The van der Waals surface area contributed by atoms with E-state index in [1.807, 2.05) is 23.1 Å². The Morgan fingerprint density at radius 2 is 1.74 bits per heavy atom. The molecule has 6 nitrogen and oxygen atoms in total. The normalized spacial score (nSPS) is 19.6. The summed E-state index contributed by atoms with van der Waals surface area (Å²) in [6, 6.07) is 6.26. The lowest BCUT2D eigenvalue weighted by Crippen LogP contribution is -2.54. The van der Waals surface area contributed by atoms with Gasteiger partial charge in [-0.2, -0.15) is 0 Å². The van der Waals surface area contributed by atoms with Crippen LogP contribution in [0.25, 0.3) is 0 Å². The number of benzene rings is 1. The predicted molar refractivity (Wildman–Crippen MR) is 110 cm³/mol. The molecule has 2 aliphatic rings. The van der Waals surface area contributed by atoms with Gasteiger partial charge in [0.1, 0.15) is 5.75 Å². The van der Waals surface area contributed by atoms with Crippen LogP contribution in [0.2, 0.25) is 5.02 Å². The number of nitrogens with zero attached hydrogens (tertiary/aromatic N) is 4. The molecule has 2 aliphatic heterocycles. The van der Waals surface area contributed by atoms with Crippen LogP contribution in [0, 0.1) is 0 Å². The number of carbonyl (C=O) groups is 1. The maximum Gasteiger partial charge on any atom is 0.236 e. The molecule has 1 aromatic rings. The summed E-state index contributed by atoms with van der Waals surface area (Å²) in [6.07, 6.45) is 0. The minimum atomic E-state index is 0.257. The topological polar surface area (TPSA) is 39.3 Å². The molecular formula is C20H31ClN4O2. The molecule has 150 valence electrons. The van der Waals surface area contributed by atoms with E-state index in [9.17, 15) is 4.79 Å². The van der Waals surface area contributed by atoms with Crippen molar-refractivity contribution in [1.29, 1.82) is 0 Å². The van der Waals surface area contributed by atoms with Crippen LogP contribution in [0.1, 0.15) is 13.8 Å². The van der Waals surface area contributed by atoms with Gasteiger partial charge in [-0.05, 0) is 32.0 Å². The van der Waals surface area contributed by atoms with Gasteiger partial charge in [0.2, 0.25) is 5.91 Å². The summed E-state index contributed by atoms with van der Waals surface area (Å²) in [4.78, 5) is 21.6. The standard InChI is InChI=1S/C20H31ClN4O2/c1-16(2)23-10-12-25(13-11-23)20(26)15-22-6-8-24(9-7-22)18-14-17(21)4-5-19(18)27-3/h4-5,14,16H,6-13,15H2,1-3H3. The van der Waals surface area contributed by atoms with E-state index in [-0.39, 0.29) is 5.91 Å². The molecule has 0 N–H and O–H groups in total. The highest BCUT2D eigenvalue weighted by Crippen LogP contribution is 2.31. The third-order valence-corrected chi connectivity index (χ3v) is 5.85. The Bertz CT molecular complexity index is 639.